The molecule has 0 fully saturated rings. The second-order valence-electron chi connectivity index (χ2n) is 14.6. The summed E-state index contributed by atoms with van der Waals surface area (Å²) in [7, 11) is 0. The van der Waals surface area contributed by atoms with Crippen LogP contribution in [0.4, 0.5) is 17.1 Å². The van der Waals surface area contributed by atoms with Crippen LogP contribution in [0.5, 0.6) is 0 Å². The molecular formula is C55H39NO. The largest absolute Gasteiger partial charge is 0.456 e. The average Bonchev–Trinajstić information content (AvgIpc) is 3.63. The van der Waals surface area contributed by atoms with E-state index >= 15 is 0 Å². The number of rotatable bonds is 8. The Bertz CT molecular complexity index is 2980. The third-order valence-corrected chi connectivity index (χ3v) is 11.1. The van der Waals surface area contributed by atoms with E-state index in [1.54, 1.807) is 0 Å². The maximum atomic E-state index is 6.29. The topological polar surface area (TPSA) is 16.4 Å². The van der Waals surface area contributed by atoms with E-state index < -0.39 is 0 Å². The number of para-hydroxylation sites is 1. The summed E-state index contributed by atoms with van der Waals surface area (Å²) >= 11 is 0. The Labute approximate surface area is 333 Å². The van der Waals surface area contributed by atoms with Crippen LogP contribution in [0, 0.1) is 6.92 Å². The average molecular weight is 730 g/mol. The van der Waals surface area contributed by atoms with Crippen LogP contribution >= 0.6 is 0 Å². The lowest BCUT2D eigenvalue weighted by molar-refractivity contribution is 0.629. The Hall–Kier alpha value is -7.42. The number of furan rings is 1. The van der Waals surface area contributed by atoms with Gasteiger partial charge in [0, 0.05) is 33.6 Å². The second kappa shape index (κ2) is 14.7. The summed E-state index contributed by atoms with van der Waals surface area (Å²) in [5, 5.41) is 3.60. The SMILES string of the molecule is Cc1c(-c2cccc(-c3ccc(-c4ccc(N(c5ccc(-c6ccc(-c7ccccc7)cc6)cc5)c5ccc6ccccc6c5)cc4)cc3)c2)oc2ccccc12. The molecule has 0 saturated heterocycles. The van der Waals surface area contributed by atoms with Gasteiger partial charge in [0.2, 0.25) is 0 Å². The van der Waals surface area contributed by atoms with E-state index in [4.69, 9.17) is 4.42 Å². The monoisotopic (exact) mass is 729 g/mol. The number of hydrogen-bond donors (Lipinski definition) is 0. The Morgan fingerprint density at radius 3 is 1.35 bits per heavy atom. The Balaban J connectivity index is 0.934. The van der Waals surface area contributed by atoms with E-state index in [1.807, 2.05) is 12.1 Å². The molecule has 2 heteroatoms. The van der Waals surface area contributed by atoms with Crippen molar-refractivity contribution >= 4 is 38.8 Å². The van der Waals surface area contributed by atoms with E-state index in [-0.39, 0.29) is 0 Å². The quantitative estimate of drug-likeness (QED) is 0.155. The number of hydrogen-bond acceptors (Lipinski definition) is 2. The molecule has 0 aliphatic carbocycles. The first-order valence-corrected chi connectivity index (χ1v) is 19.5. The Kier molecular flexibility index (Phi) is 8.78. The summed E-state index contributed by atoms with van der Waals surface area (Å²) < 4.78 is 6.29. The fourth-order valence-corrected chi connectivity index (χ4v) is 8.00. The van der Waals surface area contributed by atoms with Crippen molar-refractivity contribution in [3.63, 3.8) is 0 Å². The van der Waals surface area contributed by atoms with Gasteiger partial charge >= 0.3 is 0 Å². The molecule has 0 spiro atoms. The zero-order valence-electron chi connectivity index (χ0n) is 31.6. The molecule has 270 valence electrons. The molecule has 0 saturated carbocycles. The number of benzene rings is 9. The van der Waals surface area contributed by atoms with Crippen molar-refractivity contribution in [2.75, 3.05) is 4.90 Å². The first-order valence-electron chi connectivity index (χ1n) is 19.5. The van der Waals surface area contributed by atoms with Gasteiger partial charge in [-0.1, -0.05) is 170 Å². The van der Waals surface area contributed by atoms with E-state index in [2.05, 4.69) is 218 Å². The van der Waals surface area contributed by atoms with Crippen molar-refractivity contribution in [3.05, 3.63) is 224 Å². The normalized spacial score (nSPS) is 11.2. The van der Waals surface area contributed by atoms with Gasteiger partial charge in [0.25, 0.3) is 0 Å². The van der Waals surface area contributed by atoms with Crippen LogP contribution in [-0.2, 0) is 0 Å². The van der Waals surface area contributed by atoms with Crippen LogP contribution in [0.2, 0.25) is 0 Å². The summed E-state index contributed by atoms with van der Waals surface area (Å²) in [6, 6.07) is 78.2. The highest BCUT2D eigenvalue weighted by Crippen LogP contribution is 2.39. The number of fused-ring (bicyclic) bond motifs is 2. The van der Waals surface area contributed by atoms with Gasteiger partial charge in [0.15, 0.2) is 0 Å². The molecule has 0 radical (unpaired) electrons. The van der Waals surface area contributed by atoms with Crippen LogP contribution < -0.4 is 4.90 Å². The predicted molar refractivity (Wildman–Crippen MR) is 240 cm³/mol. The van der Waals surface area contributed by atoms with Crippen LogP contribution in [0.1, 0.15) is 5.56 Å². The highest BCUT2D eigenvalue weighted by Gasteiger charge is 2.15. The van der Waals surface area contributed by atoms with E-state index in [9.17, 15) is 0 Å². The summed E-state index contributed by atoms with van der Waals surface area (Å²) in [6.45, 7) is 2.14. The summed E-state index contributed by atoms with van der Waals surface area (Å²) in [4.78, 5) is 2.35. The van der Waals surface area contributed by atoms with Crippen molar-refractivity contribution in [1.82, 2.24) is 0 Å². The molecule has 57 heavy (non-hydrogen) atoms. The van der Waals surface area contributed by atoms with E-state index in [0.717, 1.165) is 44.9 Å². The van der Waals surface area contributed by atoms with Crippen LogP contribution in [0.15, 0.2) is 223 Å². The molecule has 2 nitrogen and oxygen atoms in total. The molecular weight excluding hydrogens is 691 g/mol. The molecule has 1 aromatic heterocycles. The van der Waals surface area contributed by atoms with Crippen LogP contribution in [0.3, 0.4) is 0 Å². The highest BCUT2D eigenvalue weighted by atomic mass is 16.3. The van der Waals surface area contributed by atoms with E-state index in [1.165, 1.54) is 55.3 Å². The lowest BCUT2D eigenvalue weighted by Gasteiger charge is -2.26. The molecule has 0 atom stereocenters. The zero-order valence-corrected chi connectivity index (χ0v) is 31.6. The first kappa shape index (κ1) is 34.1. The number of aryl methyl sites for hydroxylation is 1. The highest BCUT2D eigenvalue weighted by molar-refractivity contribution is 5.91. The maximum absolute atomic E-state index is 6.29. The van der Waals surface area contributed by atoms with Gasteiger partial charge in [0.05, 0.1) is 0 Å². The molecule has 0 N–H and O–H groups in total. The third kappa shape index (κ3) is 6.68. The fraction of sp³-hybridized carbons (Fsp3) is 0.0182. The smallest absolute Gasteiger partial charge is 0.138 e. The predicted octanol–water partition coefficient (Wildman–Crippen LogP) is 15.7. The standard InChI is InChI=1S/C55H39NO/c1-38-53-16-7-8-17-54(53)57-55(38)49-15-9-14-47(36-49)46-24-22-43(23-25-46)45-28-33-51(34-29-45)56(52-35-30-40-12-5-6-13-48(40)37-52)50-31-26-44(27-32-50)42-20-18-41(19-21-42)39-10-3-2-4-11-39/h2-37H,1H3. The van der Waals surface area contributed by atoms with Gasteiger partial charge in [-0.2, -0.15) is 0 Å². The molecule has 9 aromatic carbocycles. The van der Waals surface area contributed by atoms with Crippen molar-refractivity contribution < 1.29 is 4.42 Å². The van der Waals surface area contributed by atoms with Crippen LogP contribution in [0.25, 0.3) is 77.6 Å². The molecule has 0 aliphatic heterocycles. The minimum absolute atomic E-state index is 0.921. The van der Waals surface area contributed by atoms with Crippen molar-refractivity contribution in [2.45, 2.75) is 6.92 Å². The number of anilines is 3. The molecule has 1 heterocycles. The van der Waals surface area contributed by atoms with Crippen LogP contribution in [-0.4, -0.2) is 0 Å². The summed E-state index contributed by atoms with van der Waals surface area (Å²) in [5.41, 5.74) is 16.0. The minimum atomic E-state index is 0.921. The minimum Gasteiger partial charge on any atom is -0.456 e. The second-order valence-corrected chi connectivity index (χ2v) is 14.6. The van der Waals surface area contributed by atoms with Gasteiger partial charge in [0.1, 0.15) is 11.3 Å². The Morgan fingerprint density at radius 2 is 0.754 bits per heavy atom. The third-order valence-electron chi connectivity index (χ3n) is 11.1. The molecule has 10 aromatic rings. The van der Waals surface area contributed by atoms with Crippen molar-refractivity contribution in [3.8, 4) is 55.8 Å². The van der Waals surface area contributed by atoms with Gasteiger partial charge in [-0.3, -0.25) is 0 Å². The van der Waals surface area contributed by atoms with E-state index in [0.29, 0.717) is 0 Å². The fourth-order valence-electron chi connectivity index (χ4n) is 8.00. The van der Waals surface area contributed by atoms with Crippen molar-refractivity contribution in [2.24, 2.45) is 0 Å². The molecule has 10 rings (SSSR count). The summed E-state index contributed by atoms with van der Waals surface area (Å²) in [5.74, 6) is 0.928. The Morgan fingerprint density at radius 1 is 0.316 bits per heavy atom. The zero-order chi connectivity index (χ0) is 38.1. The molecule has 0 bridgehead atoms. The lowest BCUT2D eigenvalue weighted by atomic mass is 9.97. The maximum Gasteiger partial charge on any atom is 0.138 e. The van der Waals surface area contributed by atoms with Gasteiger partial charge in [-0.25, -0.2) is 0 Å². The van der Waals surface area contributed by atoms with Gasteiger partial charge in [-0.15, -0.1) is 0 Å². The van der Waals surface area contributed by atoms with Gasteiger partial charge < -0.3 is 9.32 Å². The molecule has 0 amide bonds. The first-order chi connectivity index (χ1) is 28.1. The molecule has 0 aliphatic rings. The summed E-state index contributed by atoms with van der Waals surface area (Å²) in [6.07, 6.45) is 0. The van der Waals surface area contributed by atoms with Crippen molar-refractivity contribution in [1.29, 1.82) is 0 Å². The lowest BCUT2D eigenvalue weighted by Crippen LogP contribution is -2.09. The molecule has 0 unspecified atom stereocenters. The number of nitrogens with zero attached hydrogens (tertiary/aromatic N) is 1. The van der Waals surface area contributed by atoms with Gasteiger partial charge in [-0.05, 0) is 111 Å².